The summed E-state index contributed by atoms with van der Waals surface area (Å²) in [7, 11) is 0. The van der Waals surface area contributed by atoms with Crippen molar-refractivity contribution in [1.82, 2.24) is 9.78 Å². The van der Waals surface area contributed by atoms with E-state index < -0.39 is 0 Å². The van der Waals surface area contributed by atoms with Crippen molar-refractivity contribution in [3.05, 3.63) is 52.3 Å². The maximum atomic E-state index is 5.84. The van der Waals surface area contributed by atoms with Crippen LogP contribution in [0.25, 0.3) is 0 Å². The van der Waals surface area contributed by atoms with E-state index in [1.807, 2.05) is 10.9 Å². The quantitative estimate of drug-likeness (QED) is 0.942. The maximum Gasteiger partial charge on any atom is 0.0891 e. The Morgan fingerprint density at radius 2 is 2.06 bits per heavy atom. The Kier molecular flexibility index (Phi) is 3.97. The molecule has 0 aliphatic carbocycles. The molecule has 1 unspecified atom stereocenters. The molecule has 0 spiro atoms. The second kappa shape index (κ2) is 5.47. The van der Waals surface area contributed by atoms with Gasteiger partial charge in [0, 0.05) is 12.7 Å². The number of aryl methyl sites for hydroxylation is 1. The van der Waals surface area contributed by atoms with Crippen molar-refractivity contribution in [1.29, 1.82) is 0 Å². The van der Waals surface area contributed by atoms with Gasteiger partial charge in [-0.3, -0.25) is 4.68 Å². The van der Waals surface area contributed by atoms with Gasteiger partial charge in [-0.25, -0.2) is 0 Å². The lowest BCUT2D eigenvalue weighted by molar-refractivity contribution is 0.531. The van der Waals surface area contributed by atoms with Crippen LogP contribution in [-0.2, 0) is 6.42 Å². The molecule has 2 rings (SSSR count). The smallest absolute Gasteiger partial charge is 0.0891 e. The molecule has 2 aromatic rings. The highest BCUT2D eigenvalue weighted by atomic mass is 79.9. The summed E-state index contributed by atoms with van der Waals surface area (Å²) in [5.41, 5.74) is 8.37. The van der Waals surface area contributed by atoms with Crippen LogP contribution in [0, 0.1) is 0 Å². The van der Waals surface area contributed by atoms with Crippen molar-refractivity contribution in [3.63, 3.8) is 0 Å². The van der Waals surface area contributed by atoms with Crippen LogP contribution < -0.4 is 5.73 Å². The van der Waals surface area contributed by atoms with Gasteiger partial charge < -0.3 is 5.73 Å². The molecule has 0 saturated heterocycles. The van der Waals surface area contributed by atoms with E-state index in [9.17, 15) is 0 Å². The number of nitrogens with two attached hydrogens (primary N) is 1. The Labute approximate surface area is 110 Å². The first-order chi connectivity index (χ1) is 8.24. The molecular formula is C13H16BrN3. The average molecular weight is 294 g/mol. The SMILES string of the molecule is CCc1ccc(C(CN)n2cc(Br)cn2)cc1. The Hall–Kier alpha value is -1.13. The molecule has 1 aromatic heterocycles. The van der Waals surface area contributed by atoms with Gasteiger partial charge in [-0.05, 0) is 33.5 Å². The van der Waals surface area contributed by atoms with Crippen molar-refractivity contribution in [3.8, 4) is 0 Å². The van der Waals surface area contributed by atoms with E-state index in [-0.39, 0.29) is 6.04 Å². The molecule has 0 radical (unpaired) electrons. The monoisotopic (exact) mass is 293 g/mol. The van der Waals surface area contributed by atoms with Crippen molar-refractivity contribution in [2.75, 3.05) is 6.54 Å². The number of aromatic nitrogens is 2. The fourth-order valence-corrected chi connectivity index (χ4v) is 2.16. The predicted octanol–water partition coefficient (Wildman–Crippen LogP) is 2.76. The molecule has 0 fully saturated rings. The van der Waals surface area contributed by atoms with Crippen molar-refractivity contribution in [2.24, 2.45) is 5.73 Å². The Morgan fingerprint density at radius 1 is 1.35 bits per heavy atom. The third-order valence-corrected chi connectivity index (χ3v) is 3.29. The molecule has 2 N–H and O–H groups in total. The standard InChI is InChI=1S/C13H16BrN3/c1-2-10-3-5-11(6-4-10)13(7-15)17-9-12(14)8-16-17/h3-6,8-9,13H,2,7,15H2,1H3. The molecule has 0 amide bonds. The highest BCUT2D eigenvalue weighted by molar-refractivity contribution is 9.10. The fraction of sp³-hybridized carbons (Fsp3) is 0.308. The van der Waals surface area contributed by atoms with E-state index >= 15 is 0 Å². The summed E-state index contributed by atoms with van der Waals surface area (Å²) in [5, 5.41) is 4.30. The van der Waals surface area contributed by atoms with Gasteiger partial charge in [-0.2, -0.15) is 5.10 Å². The zero-order chi connectivity index (χ0) is 12.3. The minimum absolute atomic E-state index is 0.104. The predicted molar refractivity (Wildman–Crippen MR) is 72.9 cm³/mol. The number of halogens is 1. The second-order valence-corrected chi connectivity index (χ2v) is 4.90. The molecular weight excluding hydrogens is 278 g/mol. The maximum absolute atomic E-state index is 5.84. The molecule has 0 aliphatic heterocycles. The summed E-state index contributed by atoms with van der Waals surface area (Å²) in [4.78, 5) is 0. The van der Waals surface area contributed by atoms with Crippen LogP contribution >= 0.6 is 15.9 Å². The lowest BCUT2D eigenvalue weighted by atomic mass is 10.0. The van der Waals surface area contributed by atoms with E-state index in [0.29, 0.717) is 6.54 Å². The van der Waals surface area contributed by atoms with Crippen LogP contribution in [0.15, 0.2) is 41.1 Å². The third kappa shape index (κ3) is 2.76. The van der Waals surface area contributed by atoms with Crippen LogP contribution in [0.4, 0.5) is 0 Å². The summed E-state index contributed by atoms with van der Waals surface area (Å²) in [6.45, 7) is 2.69. The first-order valence-electron chi connectivity index (χ1n) is 5.73. The zero-order valence-electron chi connectivity index (χ0n) is 9.81. The van der Waals surface area contributed by atoms with Crippen molar-refractivity contribution < 1.29 is 0 Å². The Bertz CT molecular complexity index is 476. The Morgan fingerprint density at radius 3 is 2.53 bits per heavy atom. The van der Waals surface area contributed by atoms with E-state index in [1.54, 1.807) is 6.20 Å². The Balaban J connectivity index is 2.28. The average Bonchev–Trinajstić information content (AvgIpc) is 2.78. The van der Waals surface area contributed by atoms with E-state index in [2.05, 4.69) is 52.2 Å². The van der Waals surface area contributed by atoms with Gasteiger partial charge >= 0.3 is 0 Å². The van der Waals surface area contributed by atoms with Gasteiger partial charge in [0.15, 0.2) is 0 Å². The summed E-state index contributed by atoms with van der Waals surface area (Å²) in [6, 6.07) is 8.66. The normalized spacial score (nSPS) is 12.6. The van der Waals surface area contributed by atoms with Crippen molar-refractivity contribution >= 4 is 15.9 Å². The highest BCUT2D eigenvalue weighted by Gasteiger charge is 2.12. The number of benzene rings is 1. The molecule has 90 valence electrons. The lowest BCUT2D eigenvalue weighted by Gasteiger charge is -2.16. The van der Waals surface area contributed by atoms with Crippen LogP contribution in [-0.4, -0.2) is 16.3 Å². The van der Waals surface area contributed by atoms with E-state index in [1.165, 1.54) is 11.1 Å². The van der Waals surface area contributed by atoms with Crippen LogP contribution in [0.5, 0.6) is 0 Å². The molecule has 0 aliphatic rings. The molecule has 0 bridgehead atoms. The van der Waals surface area contributed by atoms with E-state index in [4.69, 9.17) is 5.73 Å². The molecule has 0 saturated carbocycles. The number of nitrogens with zero attached hydrogens (tertiary/aromatic N) is 2. The lowest BCUT2D eigenvalue weighted by Crippen LogP contribution is -2.20. The third-order valence-electron chi connectivity index (χ3n) is 2.89. The van der Waals surface area contributed by atoms with Gasteiger partial charge in [-0.15, -0.1) is 0 Å². The van der Waals surface area contributed by atoms with Gasteiger partial charge in [-0.1, -0.05) is 31.2 Å². The molecule has 1 atom stereocenters. The van der Waals surface area contributed by atoms with Gasteiger partial charge in [0.25, 0.3) is 0 Å². The topological polar surface area (TPSA) is 43.8 Å². The molecule has 17 heavy (non-hydrogen) atoms. The van der Waals surface area contributed by atoms with Crippen LogP contribution in [0.1, 0.15) is 24.1 Å². The minimum atomic E-state index is 0.104. The molecule has 1 heterocycles. The van der Waals surface area contributed by atoms with E-state index in [0.717, 1.165) is 10.9 Å². The van der Waals surface area contributed by atoms with Gasteiger partial charge in [0.1, 0.15) is 0 Å². The van der Waals surface area contributed by atoms with Gasteiger partial charge in [0.05, 0.1) is 16.7 Å². The van der Waals surface area contributed by atoms with Crippen LogP contribution in [0.2, 0.25) is 0 Å². The molecule has 3 nitrogen and oxygen atoms in total. The second-order valence-electron chi connectivity index (χ2n) is 3.99. The summed E-state index contributed by atoms with van der Waals surface area (Å²) in [5.74, 6) is 0. The summed E-state index contributed by atoms with van der Waals surface area (Å²) < 4.78 is 2.87. The largest absolute Gasteiger partial charge is 0.328 e. The first kappa shape index (κ1) is 12.3. The highest BCUT2D eigenvalue weighted by Crippen LogP contribution is 2.19. The zero-order valence-corrected chi connectivity index (χ0v) is 11.4. The number of hydrogen-bond donors (Lipinski definition) is 1. The molecule has 1 aromatic carbocycles. The molecule has 4 heteroatoms. The summed E-state index contributed by atoms with van der Waals surface area (Å²) >= 11 is 3.40. The minimum Gasteiger partial charge on any atom is -0.328 e. The number of hydrogen-bond acceptors (Lipinski definition) is 2. The van der Waals surface area contributed by atoms with Crippen molar-refractivity contribution in [2.45, 2.75) is 19.4 Å². The number of rotatable bonds is 4. The van der Waals surface area contributed by atoms with Crippen LogP contribution in [0.3, 0.4) is 0 Å². The first-order valence-corrected chi connectivity index (χ1v) is 6.52. The van der Waals surface area contributed by atoms with Gasteiger partial charge in [0.2, 0.25) is 0 Å². The fourth-order valence-electron chi connectivity index (χ4n) is 1.86. The summed E-state index contributed by atoms with van der Waals surface area (Å²) in [6.07, 6.45) is 4.79.